The Balaban J connectivity index is 1.29. The average molecular weight is 361 g/mol. The predicted octanol–water partition coefficient (Wildman–Crippen LogP) is 3.94. The zero-order valence-electron chi connectivity index (χ0n) is 16.1. The minimum atomic E-state index is 0.544. The number of piperidine rings is 1. The molecule has 2 aromatic carbocycles. The van der Waals surface area contributed by atoms with Gasteiger partial charge in [-0.15, -0.1) is 0 Å². The van der Waals surface area contributed by atoms with E-state index in [4.69, 9.17) is 0 Å². The molecular weight excluding hydrogens is 332 g/mol. The van der Waals surface area contributed by atoms with Crippen LogP contribution >= 0.6 is 0 Å². The lowest BCUT2D eigenvalue weighted by Crippen LogP contribution is -2.42. The van der Waals surface area contributed by atoms with Gasteiger partial charge in [-0.25, -0.2) is 4.98 Å². The summed E-state index contributed by atoms with van der Waals surface area (Å²) in [6.07, 6.45) is 6.04. The van der Waals surface area contributed by atoms with Crippen LogP contribution in [0.15, 0.2) is 54.9 Å². The van der Waals surface area contributed by atoms with Gasteiger partial charge in [0, 0.05) is 25.3 Å². The number of imidazole rings is 1. The van der Waals surface area contributed by atoms with Crippen molar-refractivity contribution >= 4 is 11.0 Å². The third-order valence-electron chi connectivity index (χ3n) is 6.44. The number of aromatic nitrogens is 2. The molecule has 0 radical (unpaired) electrons. The second kappa shape index (κ2) is 6.77. The van der Waals surface area contributed by atoms with Gasteiger partial charge in [0.05, 0.1) is 11.0 Å². The molecule has 2 fully saturated rings. The topological polar surface area (TPSA) is 24.3 Å². The fourth-order valence-electron chi connectivity index (χ4n) is 5.14. The van der Waals surface area contributed by atoms with Crippen LogP contribution in [0.1, 0.15) is 24.8 Å². The lowest BCUT2D eigenvalue weighted by molar-refractivity contribution is 0.112. The molecule has 4 nitrogen and oxygen atoms in total. The van der Waals surface area contributed by atoms with Crippen molar-refractivity contribution in [2.75, 3.05) is 33.2 Å². The molecule has 2 saturated heterocycles. The normalized spacial score (nSPS) is 24.2. The monoisotopic (exact) mass is 360 g/mol. The highest BCUT2D eigenvalue weighted by Crippen LogP contribution is 2.39. The second-order valence-electron chi connectivity index (χ2n) is 8.57. The molecule has 0 bridgehead atoms. The van der Waals surface area contributed by atoms with Gasteiger partial charge in [0.1, 0.15) is 6.33 Å². The van der Waals surface area contributed by atoms with Gasteiger partial charge in [-0.05, 0) is 74.6 Å². The summed E-state index contributed by atoms with van der Waals surface area (Å²) in [5, 5.41) is 0. The first-order valence-corrected chi connectivity index (χ1v) is 10.1. The van der Waals surface area contributed by atoms with E-state index >= 15 is 0 Å². The maximum atomic E-state index is 4.51. The Labute approximate surface area is 161 Å². The molecule has 140 valence electrons. The summed E-state index contributed by atoms with van der Waals surface area (Å²) in [7, 11) is 2.28. The number of hydrogen-bond acceptors (Lipinski definition) is 3. The third kappa shape index (κ3) is 3.28. The van der Waals surface area contributed by atoms with Crippen LogP contribution in [0, 0.1) is 5.41 Å². The summed E-state index contributed by atoms with van der Waals surface area (Å²) in [4.78, 5) is 9.68. The van der Waals surface area contributed by atoms with Gasteiger partial charge in [0.2, 0.25) is 0 Å². The highest BCUT2D eigenvalue weighted by Gasteiger charge is 2.40. The standard InChI is InChI=1S/C23H28N4/c1-25-13-4-11-23(16-25)12-14-26(17-23)15-19-7-9-20(10-8-19)27-18-24-21-5-2-3-6-22(21)27/h2-3,5-10,18H,4,11-17H2,1H3. The molecule has 0 aliphatic carbocycles. The summed E-state index contributed by atoms with van der Waals surface area (Å²) >= 11 is 0. The number of rotatable bonds is 3. The maximum absolute atomic E-state index is 4.51. The van der Waals surface area contributed by atoms with Gasteiger partial charge in [-0.1, -0.05) is 24.3 Å². The van der Waals surface area contributed by atoms with Gasteiger partial charge in [0.15, 0.2) is 0 Å². The van der Waals surface area contributed by atoms with E-state index in [0.29, 0.717) is 5.41 Å². The van der Waals surface area contributed by atoms with Crippen LogP contribution in [0.3, 0.4) is 0 Å². The summed E-state index contributed by atoms with van der Waals surface area (Å²) in [5.41, 5.74) is 5.33. The number of fused-ring (bicyclic) bond motifs is 1. The molecule has 1 spiro atoms. The van der Waals surface area contributed by atoms with Crippen molar-refractivity contribution < 1.29 is 0 Å². The molecule has 5 rings (SSSR count). The van der Waals surface area contributed by atoms with Crippen molar-refractivity contribution in [3.63, 3.8) is 0 Å². The van der Waals surface area contributed by atoms with Gasteiger partial charge >= 0.3 is 0 Å². The SMILES string of the molecule is CN1CCCC2(CCN(Cc3ccc(-n4cnc5ccccc54)cc3)C2)C1. The van der Waals surface area contributed by atoms with Crippen molar-refractivity contribution in [3.05, 3.63) is 60.4 Å². The molecule has 4 heteroatoms. The van der Waals surface area contributed by atoms with E-state index in [1.165, 1.54) is 56.7 Å². The fraction of sp³-hybridized carbons (Fsp3) is 0.435. The van der Waals surface area contributed by atoms with E-state index in [2.05, 4.69) is 68.9 Å². The van der Waals surface area contributed by atoms with Crippen LogP contribution in [0.4, 0.5) is 0 Å². The zero-order valence-corrected chi connectivity index (χ0v) is 16.1. The molecule has 1 aromatic heterocycles. The second-order valence-corrected chi connectivity index (χ2v) is 8.57. The van der Waals surface area contributed by atoms with Crippen molar-refractivity contribution in [2.45, 2.75) is 25.8 Å². The Morgan fingerprint density at radius 1 is 0.963 bits per heavy atom. The van der Waals surface area contributed by atoms with Gasteiger partial charge in [-0.3, -0.25) is 9.47 Å². The van der Waals surface area contributed by atoms with Crippen LogP contribution in [-0.2, 0) is 6.54 Å². The van der Waals surface area contributed by atoms with E-state index in [1.54, 1.807) is 0 Å². The summed E-state index contributed by atoms with van der Waals surface area (Å²) in [5.74, 6) is 0. The molecule has 2 aliphatic heterocycles. The zero-order chi connectivity index (χ0) is 18.3. The Hall–Kier alpha value is -2.17. The number of likely N-dealkylation sites (tertiary alicyclic amines) is 2. The Bertz CT molecular complexity index is 929. The van der Waals surface area contributed by atoms with E-state index in [1.807, 2.05) is 12.4 Å². The summed E-state index contributed by atoms with van der Waals surface area (Å²) in [6, 6.07) is 17.3. The minimum absolute atomic E-state index is 0.544. The molecular formula is C23H28N4. The Morgan fingerprint density at radius 2 is 1.81 bits per heavy atom. The number of benzene rings is 2. The largest absolute Gasteiger partial charge is 0.306 e. The third-order valence-corrected chi connectivity index (χ3v) is 6.44. The molecule has 3 heterocycles. The van der Waals surface area contributed by atoms with Gasteiger partial charge < -0.3 is 4.90 Å². The number of nitrogens with zero attached hydrogens (tertiary/aromatic N) is 4. The highest BCUT2D eigenvalue weighted by molar-refractivity contribution is 5.77. The maximum Gasteiger partial charge on any atom is 0.100 e. The molecule has 1 atom stereocenters. The lowest BCUT2D eigenvalue weighted by Gasteiger charge is -2.38. The molecule has 1 unspecified atom stereocenters. The smallest absolute Gasteiger partial charge is 0.100 e. The first-order valence-electron chi connectivity index (χ1n) is 10.1. The Kier molecular flexibility index (Phi) is 4.25. The predicted molar refractivity (Wildman–Crippen MR) is 110 cm³/mol. The van der Waals surface area contributed by atoms with Crippen molar-refractivity contribution in [1.82, 2.24) is 19.4 Å². The fourth-order valence-corrected chi connectivity index (χ4v) is 5.14. The summed E-state index contributed by atoms with van der Waals surface area (Å²) < 4.78 is 2.17. The molecule has 0 amide bonds. The van der Waals surface area contributed by atoms with Gasteiger partial charge in [-0.2, -0.15) is 0 Å². The van der Waals surface area contributed by atoms with Gasteiger partial charge in [0.25, 0.3) is 0 Å². The molecule has 2 aliphatic rings. The molecule has 27 heavy (non-hydrogen) atoms. The van der Waals surface area contributed by atoms with Crippen molar-refractivity contribution in [1.29, 1.82) is 0 Å². The van der Waals surface area contributed by atoms with Crippen LogP contribution in [0.25, 0.3) is 16.7 Å². The van der Waals surface area contributed by atoms with Crippen LogP contribution in [0.5, 0.6) is 0 Å². The Morgan fingerprint density at radius 3 is 2.67 bits per heavy atom. The summed E-state index contributed by atoms with van der Waals surface area (Å²) in [6.45, 7) is 6.10. The molecule has 0 saturated carbocycles. The van der Waals surface area contributed by atoms with E-state index in [-0.39, 0.29) is 0 Å². The van der Waals surface area contributed by atoms with Crippen LogP contribution in [-0.4, -0.2) is 52.6 Å². The highest BCUT2D eigenvalue weighted by atomic mass is 15.2. The first-order chi connectivity index (χ1) is 13.2. The van der Waals surface area contributed by atoms with E-state index in [0.717, 1.165) is 17.6 Å². The number of para-hydroxylation sites is 2. The quantitative estimate of drug-likeness (QED) is 0.707. The molecule has 3 aromatic rings. The molecule has 0 N–H and O–H groups in total. The first kappa shape index (κ1) is 17.0. The van der Waals surface area contributed by atoms with E-state index in [9.17, 15) is 0 Å². The van der Waals surface area contributed by atoms with E-state index < -0.39 is 0 Å². The lowest BCUT2D eigenvalue weighted by atomic mass is 9.79. The van der Waals surface area contributed by atoms with Crippen molar-refractivity contribution in [2.24, 2.45) is 5.41 Å². The van der Waals surface area contributed by atoms with Crippen molar-refractivity contribution in [3.8, 4) is 5.69 Å². The number of hydrogen-bond donors (Lipinski definition) is 0. The average Bonchev–Trinajstić information content (AvgIpc) is 3.27. The minimum Gasteiger partial charge on any atom is -0.306 e. The van der Waals surface area contributed by atoms with Crippen LogP contribution in [0.2, 0.25) is 0 Å². The van der Waals surface area contributed by atoms with Crippen LogP contribution < -0.4 is 0 Å².